The molecule has 2 aromatic carbocycles. The summed E-state index contributed by atoms with van der Waals surface area (Å²) in [5, 5.41) is 8.13. The Hall–Kier alpha value is -3.19. The molecule has 1 atom stereocenters. The van der Waals surface area contributed by atoms with Crippen LogP contribution in [0.25, 0.3) is 10.8 Å². The molecule has 1 heterocycles. The highest BCUT2D eigenvalue weighted by atomic mass is 35.5. The summed E-state index contributed by atoms with van der Waals surface area (Å²) in [5.41, 5.74) is 0.469. The van der Waals surface area contributed by atoms with Gasteiger partial charge in [-0.25, -0.2) is 9.48 Å². The van der Waals surface area contributed by atoms with E-state index in [1.165, 1.54) is 4.68 Å². The van der Waals surface area contributed by atoms with Gasteiger partial charge in [-0.2, -0.15) is 5.10 Å². The molecule has 150 valence electrons. The topological polar surface area (TPSA) is 90.3 Å². The first-order chi connectivity index (χ1) is 13.9. The van der Waals surface area contributed by atoms with E-state index in [2.05, 4.69) is 10.4 Å². The van der Waals surface area contributed by atoms with Crippen LogP contribution in [-0.2, 0) is 16.1 Å². The van der Waals surface area contributed by atoms with Crippen molar-refractivity contribution in [3.8, 4) is 0 Å². The molecule has 1 amide bonds. The number of benzene rings is 2. The van der Waals surface area contributed by atoms with Crippen molar-refractivity contribution < 1.29 is 14.3 Å². The van der Waals surface area contributed by atoms with Crippen LogP contribution in [-0.4, -0.2) is 28.3 Å². The second-order valence-electron chi connectivity index (χ2n) is 6.40. The third kappa shape index (κ3) is 4.46. The molecule has 29 heavy (non-hydrogen) atoms. The Morgan fingerprint density at radius 2 is 1.79 bits per heavy atom. The highest BCUT2D eigenvalue weighted by molar-refractivity contribution is 6.31. The number of nitrogens with zero attached hydrogens (tertiary/aromatic N) is 2. The van der Waals surface area contributed by atoms with Crippen molar-refractivity contribution in [1.82, 2.24) is 15.1 Å². The zero-order chi connectivity index (χ0) is 21.0. The fourth-order valence-corrected chi connectivity index (χ4v) is 3.29. The van der Waals surface area contributed by atoms with Crippen molar-refractivity contribution in [2.45, 2.75) is 26.4 Å². The number of amides is 1. The first-order valence-electron chi connectivity index (χ1n) is 9.13. The van der Waals surface area contributed by atoms with E-state index in [4.69, 9.17) is 16.3 Å². The number of esters is 1. The maximum Gasteiger partial charge on any atom is 0.359 e. The Balaban J connectivity index is 1.73. The summed E-state index contributed by atoms with van der Waals surface area (Å²) in [5.74, 6) is -1.25. The summed E-state index contributed by atoms with van der Waals surface area (Å²) >= 11 is 6.13. The van der Waals surface area contributed by atoms with E-state index in [0.717, 1.165) is 5.56 Å². The van der Waals surface area contributed by atoms with Crippen LogP contribution < -0.4 is 10.9 Å². The van der Waals surface area contributed by atoms with Crippen LogP contribution in [0.4, 0.5) is 0 Å². The highest BCUT2D eigenvalue weighted by Gasteiger charge is 2.19. The van der Waals surface area contributed by atoms with Gasteiger partial charge >= 0.3 is 5.97 Å². The van der Waals surface area contributed by atoms with Crippen molar-refractivity contribution in [1.29, 1.82) is 0 Å². The van der Waals surface area contributed by atoms with E-state index >= 15 is 0 Å². The van der Waals surface area contributed by atoms with E-state index in [0.29, 0.717) is 22.3 Å². The van der Waals surface area contributed by atoms with Gasteiger partial charge < -0.3 is 10.1 Å². The Bertz CT molecular complexity index is 1130. The SMILES string of the molecule is CCn1nc(C(=O)OCC(=O)N[C@H](C)c2ccccc2Cl)c2ccccc2c1=O. The quantitative estimate of drug-likeness (QED) is 0.627. The normalized spacial score (nSPS) is 11.8. The molecule has 3 rings (SSSR count). The van der Waals surface area contributed by atoms with Crippen molar-refractivity contribution in [2.24, 2.45) is 0 Å². The lowest BCUT2D eigenvalue weighted by molar-refractivity contribution is -0.124. The molecular weight excluding hydrogens is 394 g/mol. The molecule has 1 N–H and O–H groups in total. The monoisotopic (exact) mass is 413 g/mol. The number of carbonyl (C=O) groups is 2. The van der Waals surface area contributed by atoms with Crippen molar-refractivity contribution in [3.63, 3.8) is 0 Å². The Morgan fingerprint density at radius 1 is 1.14 bits per heavy atom. The van der Waals surface area contributed by atoms with Gasteiger partial charge in [-0.1, -0.05) is 48.0 Å². The summed E-state index contributed by atoms with van der Waals surface area (Å²) in [6.07, 6.45) is 0. The summed E-state index contributed by atoms with van der Waals surface area (Å²) < 4.78 is 6.34. The average molecular weight is 414 g/mol. The third-order valence-electron chi connectivity index (χ3n) is 4.44. The number of hydrogen-bond donors (Lipinski definition) is 1. The highest BCUT2D eigenvalue weighted by Crippen LogP contribution is 2.22. The zero-order valence-corrected chi connectivity index (χ0v) is 16.8. The minimum atomic E-state index is -0.774. The number of halogens is 1. The number of nitrogens with one attached hydrogen (secondary N) is 1. The van der Waals surface area contributed by atoms with Gasteiger partial charge in [0, 0.05) is 17.0 Å². The number of hydrogen-bond acceptors (Lipinski definition) is 5. The molecule has 0 saturated carbocycles. The van der Waals surface area contributed by atoms with Crippen LogP contribution in [0.5, 0.6) is 0 Å². The Labute approximate surface area is 172 Å². The maximum absolute atomic E-state index is 12.6. The number of aryl methyl sites for hydroxylation is 1. The molecule has 3 aromatic rings. The molecule has 0 saturated heterocycles. The number of ether oxygens (including phenoxy) is 1. The van der Waals surface area contributed by atoms with Crippen LogP contribution >= 0.6 is 11.6 Å². The number of aromatic nitrogens is 2. The van der Waals surface area contributed by atoms with Gasteiger partial charge in [-0.3, -0.25) is 9.59 Å². The van der Waals surface area contributed by atoms with Crippen LogP contribution in [0.3, 0.4) is 0 Å². The molecule has 0 bridgehead atoms. The number of carbonyl (C=O) groups excluding carboxylic acids is 2. The van der Waals surface area contributed by atoms with Crippen LogP contribution in [0.1, 0.15) is 35.9 Å². The summed E-state index contributed by atoms with van der Waals surface area (Å²) in [6, 6.07) is 13.5. The molecule has 0 aliphatic carbocycles. The standard InChI is InChI=1S/C21H20ClN3O4/c1-3-25-20(27)16-10-5-4-9-15(16)19(24-25)21(28)29-12-18(26)23-13(2)14-8-6-7-11-17(14)22/h4-11,13H,3,12H2,1-2H3,(H,23,26)/t13-/m1/s1. The first kappa shape index (κ1) is 20.5. The van der Waals surface area contributed by atoms with Gasteiger partial charge in [-0.15, -0.1) is 0 Å². The Morgan fingerprint density at radius 3 is 2.48 bits per heavy atom. The van der Waals surface area contributed by atoms with Crippen LogP contribution in [0.15, 0.2) is 53.3 Å². The fraction of sp³-hybridized carbons (Fsp3) is 0.238. The maximum atomic E-state index is 12.6. The summed E-state index contributed by atoms with van der Waals surface area (Å²) in [4.78, 5) is 37.1. The van der Waals surface area contributed by atoms with Crippen LogP contribution in [0.2, 0.25) is 5.02 Å². The van der Waals surface area contributed by atoms with E-state index < -0.39 is 18.5 Å². The predicted molar refractivity (Wildman–Crippen MR) is 110 cm³/mol. The molecule has 0 aliphatic heterocycles. The molecule has 8 heteroatoms. The van der Waals surface area contributed by atoms with Gasteiger partial charge in [0.15, 0.2) is 12.3 Å². The fourth-order valence-electron chi connectivity index (χ4n) is 2.99. The van der Waals surface area contributed by atoms with E-state index in [1.807, 2.05) is 12.1 Å². The van der Waals surface area contributed by atoms with Crippen molar-refractivity contribution in [3.05, 3.63) is 75.2 Å². The smallest absolute Gasteiger partial charge is 0.359 e. The van der Waals surface area contributed by atoms with Gasteiger partial charge in [0.2, 0.25) is 0 Å². The lowest BCUT2D eigenvalue weighted by Gasteiger charge is -2.16. The third-order valence-corrected chi connectivity index (χ3v) is 4.79. The number of fused-ring (bicyclic) bond motifs is 1. The van der Waals surface area contributed by atoms with Crippen molar-refractivity contribution in [2.75, 3.05) is 6.61 Å². The molecule has 0 unspecified atom stereocenters. The molecule has 0 aliphatic rings. The van der Waals surface area contributed by atoms with Crippen molar-refractivity contribution >= 4 is 34.2 Å². The molecule has 0 fully saturated rings. The van der Waals surface area contributed by atoms with E-state index in [9.17, 15) is 14.4 Å². The lowest BCUT2D eigenvalue weighted by atomic mass is 10.1. The first-order valence-corrected chi connectivity index (χ1v) is 9.51. The second kappa shape index (κ2) is 8.87. The summed E-state index contributed by atoms with van der Waals surface area (Å²) in [7, 11) is 0. The number of rotatable bonds is 6. The molecular formula is C21H20ClN3O4. The van der Waals surface area contributed by atoms with Gasteiger partial charge in [0.05, 0.1) is 11.4 Å². The molecule has 0 radical (unpaired) electrons. The Kier molecular flexibility index (Phi) is 6.29. The largest absolute Gasteiger partial charge is 0.451 e. The molecule has 0 spiro atoms. The predicted octanol–water partition coefficient (Wildman–Crippen LogP) is 3.10. The summed E-state index contributed by atoms with van der Waals surface area (Å²) in [6.45, 7) is 3.36. The minimum absolute atomic E-state index is 0.00555. The zero-order valence-electron chi connectivity index (χ0n) is 16.0. The molecule has 7 nitrogen and oxygen atoms in total. The van der Waals surface area contributed by atoms with Gasteiger partial charge in [0.1, 0.15) is 0 Å². The van der Waals surface area contributed by atoms with E-state index in [1.54, 1.807) is 50.2 Å². The second-order valence-corrected chi connectivity index (χ2v) is 6.81. The minimum Gasteiger partial charge on any atom is -0.451 e. The van der Waals surface area contributed by atoms with Gasteiger partial charge in [0.25, 0.3) is 11.5 Å². The van der Waals surface area contributed by atoms with Gasteiger partial charge in [-0.05, 0) is 31.5 Å². The van der Waals surface area contributed by atoms with E-state index in [-0.39, 0.29) is 17.3 Å². The van der Waals surface area contributed by atoms with Crippen LogP contribution in [0, 0.1) is 0 Å². The average Bonchev–Trinajstić information content (AvgIpc) is 2.72. The molecule has 1 aromatic heterocycles. The lowest BCUT2D eigenvalue weighted by Crippen LogP contribution is -2.32.